The second-order valence-electron chi connectivity index (χ2n) is 3.85. The Labute approximate surface area is 95.5 Å². The number of carbonyl (C=O) groups is 1. The standard InChI is InChI=1S/C10H20N2O2S/c1-12(8-3-5-14-7-8)10(13)9(11)4-6-15-2/h8-9H,3-7,11H2,1-2H3/t8?,9-/m0/s1. The van der Waals surface area contributed by atoms with Crippen LogP contribution in [-0.4, -0.2) is 55.2 Å². The van der Waals surface area contributed by atoms with Crippen molar-refractivity contribution in [1.29, 1.82) is 0 Å². The Morgan fingerprint density at radius 3 is 3.00 bits per heavy atom. The van der Waals surface area contributed by atoms with Crippen LogP contribution >= 0.6 is 11.8 Å². The fourth-order valence-corrected chi connectivity index (χ4v) is 2.13. The van der Waals surface area contributed by atoms with Crippen LogP contribution in [0.1, 0.15) is 12.8 Å². The van der Waals surface area contributed by atoms with Gasteiger partial charge in [-0.15, -0.1) is 0 Å². The summed E-state index contributed by atoms with van der Waals surface area (Å²) in [4.78, 5) is 13.6. The zero-order valence-electron chi connectivity index (χ0n) is 9.44. The van der Waals surface area contributed by atoms with Crippen molar-refractivity contribution in [2.45, 2.75) is 24.9 Å². The second-order valence-corrected chi connectivity index (χ2v) is 4.84. The highest BCUT2D eigenvalue weighted by Crippen LogP contribution is 2.12. The summed E-state index contributed by atoms with van der Waals surface area (Å²) < 4.78 is 5.25. The van der Waals surface area contributed by atoms with Crippen LogP contribution in [0.4, 0.5) is 0 Å². The molecule has 2 N–H and O–H groups in total. The molecule has 0 saturated carbocycles. The number of likely N-dealkylation sites (N-methyl/N-ethyl adjacent to an activating group) is 1. The van der Waals surface area contributed by atoms with Crippen molar-refractivity contribution in [2.75, 3.05) is 32.3 Å². The van der Waals surface area contributed by atoms with Gasteiger partial charge in [0.05, 0.1) is 18.7 Å². The third kappa shape index (κ3) is 3.66. The van der Waals surface area contributed by atoms with Gasteiger partial charge in [-0.1, -0.05) is 0 Å². The predicted octanol–water partition coefficient (Wildman–Crippen LogP) is 0.314. The minimum absolute atomic E-state index is 0.0413. The Morgan fingerprint density at radius 2 is 2.47 bits per heavy atom. The summed E-state index contributed by atoms with van der Waals surface area (Å²) in [6, 6.07) is -0.138. The molecular weight excluding hydrogens is 212 g/mol. The van der Waals surface area contributed by atoms with Crippen LogP contribution < -0.4 is 5.73 Å². The maximum atomic E-state index is 11.9. The van der Waals surface area contributed by atoms with Crippen LogP contribution in [0.15, 0.2) is 0 Å². The highest BCUT2D eigenvalue weighted by molar-refractivity contribution is 7.98. The van der Waals surface area contributed by atoms with Crippen LogP contribution in [0, 0.1) is 0 Å². The largest absolute Gasteiger partial charge is 0.379 e. The summed E-state index contributed by atoms with van der Waals surface area (Å²) in [5, 5.41) is 0. The van der Waals surface area contributed by atoms with Crippen molar-refractivity contribution in [1.82, 2.24) is 4.90 Å². The Balaban J connectivity index is 2.36. The lowest BCUT2D eigenvalue weighted by Crippen LogP contribution is -2.47. The molecule has 15 heavy (non-hydrogen) atoms. The molecule has 1 amide bonds. The molecule has 1 rings (SSSR count). The van der Waals surface area contributed by atoms with E-state index in [0.29, 0.717) is 6.61 Å². The average molecular weight is 232 g/mol. The van der Waals surface area contributed by atoms with E-state index in [0.717, 1.165) is 25.2 Å². The molecule has 88 valence electrons. The molecule has 0 bridgehead atoms. The molecule has 2 atom stereocenters. The molecule has 1 aliphatic rings. The highest BCUT2D eigenvalue weighted by atomic mass is 32.2. The lowest BCUT2D eigenvalue weighted by molar-refractivity contribution is -0.133. The van der Waals surface area contributed by atoms with Crippen molar-refractivity contribution in [3.63, 3.8) is 0 Å². The highest BCUT2D eigenvalue weighted by Gasteiger charge is 2.26. The summed E-state index contributed by atoms with van der Waals surface area (Å²) in [7, 11) is 1.82. The summed E-state index contributed by atoms with van der Waals surface area (Å²) >= 11 is 1.72. The average Bonchev–Trinajstić information content (AvgIpc) is 2.77. The van der Waals surface area contributed by atoms with E-state index >= 15 is 0 Å². The number of nitrogens with two attached hydrogens (primary N) is 1. The fourth-order valence-electron chi connectivity index (χ4n) is 1.64. The van der Waals surface area contributed by atoms with E-state index in [1.54, 1.807) is 16.7 Å². The molecule has 1 unspecified atom stereocenters. The van der Waals surface area contributed by atoms with Crippen LogP contribution in [0.25, 0.3) is 0 Å². The summed E-state index contributed by atoms with van der Waals surface area (Å²) in [6.45, 7) is 1.40. The summed E-state index contributed by atoms with van der Waals surface area (Å²) in [5.74, 6) is 0.974. The number of hydrogen-bond acceptors (Lipinski definition) is 4. The number of amides is 1. The first-order chi connectivity index (χ1) is 7.16. The van der Waals surface area contributed by atoms with Crippen molar-refractivity contribution in [2.24, 2.45) is 5.73 Å². The molecule has 0 spiro atoms. The molecule has 0 aromatic rings. The number of carbonyl (C=O) groups excluding carboxylic acids is 1. The monoisotopic (exact) mass is 232 g/mol. The Morgan fingerprint density at radius 1 is 1.73 bits per heavy atom. The van der Waals surface area contributed by atoms with Gasteiger partial charge in [-0.3, -0.25) is 4.79 Å². The van der Waals surface area contributed by atoms with Gasteiger partial charge in [-0.25, -0.2) is 0 Å². The van der Waals surface area contributed by atoms with E-state index in [2.05, 4.69) is 0 Å². The van der Waals surface area contributed by atoms with E-state index in [1.165, 1.54) is 0 Å². The van der Waals surface area contributed by atoms with Crippen LogP contribution in [0.5, 0.6) is 0 Å². The van der Waals surface area contributed by atoms with Gasteiger partial charge in [0.25, 0.3) is 0 Å². The summed E-state index contributed by atoms with van der Waals surface area (Å²) in [5.41, 5.74) is 5.83. The Kier molecular flexibility index (Phi) is 5.42. The van der Waals surface area contributed by atoms with E-state index < -0.39 is 0 Å². The Hall–Kier alpha value is -0.260. The molecule has 0 aromatic heterocycles. The van der Waals surface area contributed by atoms with Gasteiger partial charge >= 0.3 is 0 Å². The molecule has 0 radical (unpaired) electrons. The van der Waals surface area contributed by atoms with Gasteiger partial charge in [-0.2, -0.15) is 11.8 Å². The van der Waals surface area contributed by atoms with E-state index in [9.17, 15) is 4.79 Å². The van der Waals surface area contributed by atoms with Gasteiger partial charge in [0.15, 0.2) is 0 Å². The van der Waals surface area contributed by atoms with Gasteiger partial charge in [-0.05, 0) is 24.9 Å². The molecule has 5 heteroatoms. The lowest BCUT2D eigenvalue weighted by Gasteiger charge is -2.26. The number of rotatable bonds is 5. The Bertz CT molecular complexity index is 208. The predicted molar refractivity (Wildman–Crippen MR) is 63.0 cm³/mol. The maximum Gasteiger partial charge on any atom is 0.239 e. The fraction of sp³-hybridized carbons (Fsp3) is 0.900. The zero-order chi connectivity index (χ0) is 11.3. The molecule has 1 aliphatic heterocycles. The maximum absolute atomic E-state index is 11.9. The van der Waals surface area contributed by atoms with Crippen molar-refractivity contribution < 1.29 is 9.53 Å². The molecule has 4 nitrogen and oxygen atoms in total. The summed E-state index contributed by atoms with van der Waals surface area (Å²) in [6.07, 6.45) is 3.70. The minimum Gasteiger partial charge on any atom is -0.379 e. The first-order valence-corrected chi connectivity index (χ1v) is 6.65. The quantitative estimate of drug-likeness (QED) is 0.741. The molecule has 0 aromatic carbocycles. The van der Waals surface area contributed by atoms with Gasteiger partial charge in [0.2, 0.25) is 5.91 Å². The topological polar surface area (TPSA) is 55.6 Å². The normalized spacial score (nSPS) is 22.7. The molecular formula is C10H20N2O2S. The van der Waals surface area contributed by atoms with Crippen molar-refractivity contribution in [3.8, 4) is 0 Å². The third-order valence-electron chi connectivity index (χ3n) is 2.75. The first-order valence-electron chi connectivity index (χ1n) is 5.25. The first kappa shape index (κ1) is 12.8. The van der Waals surface area contributed by atoms with E-state index in [-0.39, 0.29) is 18.0 Å². The number of ether oxygens (including phenoxy) is 1. The van der Waals surface area contributed by atoms with Crippen molar-refractivity contribution >= 4 is 17.7 Å². The van der Waals surface area contributed by atoms with Gasteiger partial charge in [0, 0.05) is 13.7 Å². The number of hydrogen-bond donors (Lipinski definition) is 1. The molecule has 1 saturated heterocycles. The third-order valence-corrected chi connectivity index (χ3v) is 3.40. The van der Waals surface area contributed by atoms with E-state index in [4.69, 9.17) is 10.5 Å². The minimum atomic E-state index is -0.358. The molecule has 0 aliphatic carbocycles. The lowest BCUT2D eigenvalue weighted by atomic mass is 10.1. The number of nitrogens with zero attached hydrogens (tertiary/aromatic N) is 1. The number of thioether (sulfide) groups is 1. The van der Waals surface area contributed by atoms with Crippen LogP contribution in [-0.2, 0) is 9.53 Å². The van der Waals surface area contributed by atoms with Gasteiger partial charge < -0.3 is 15.4 Å². The SMILES string of the molecule is CSCC[C@H](N)C(=O)N(C)C1CCOC1. The van der Waals surface area contributed by atoms with Crippen LogP contribution in [0.2, 0.25) is 0 Å². The smallest absolute Gasteiger partial charge is 0.239 e. The molecule has 1 fully saturated rings. The second kappa shape index (κ2) is 6.35. The van der Waals surface area contributed by atoms with Crippen LogP contribution in [0.3, 0.4) is 0 Å². The zero-order valence-corrected chi connectivity index (χ0v) is 10.3. The van der Waals surface area contributed by atoms with Gasteiger partial charge in [0.1, 0.15) is 0 Å². The van der Waals surface area contributed by atoms with Crippen molar-refractivity contribution in [3.05, 3.63) is 0 Å². The molecule has 1 heterocycles. The van der Waals surface area contributed by atoms with E-state index in [1.807, 2.05) is 13.3 Å².